The van der Waals surface area contributed by atoms with Gasteiger partial charge in [0.1, 0.15) is 5.82 Å². The van der Waals surface area contributed by atoms with Crippen LogP contribution >= 0.6 is 0 Å². The number of likely N-dealkylation sites (tertiary alicyclic amines) is 1. The fourth-order valence-corrected chi connectivity index (χ4v) is 5.72. The number of hydrogen-bond donors (Lipinski definition) is 1. The molecule has 0 amide bonds. The molecule has 0 aliphatic carbocycles. The van der Waals surface area contributed by atoms with E-state index in [4.69, 9.17) is 14.7 Å². The monoisotopic (exact) mass is 540 g/mol. The summed E-state index contributed by atoms with van der Waals surface area (Å²) < 4.78 is 7.87. The summed E-state index contributed by atoms with van der Waals surface area (Å²) in [6.45, 7) is 16.8. The summed E-state index contributed by atoms with van der Waals surface area (Å²) >= 11 is 0. The number of aromatic carboxylic acids is 1. The molecule has 3 aromatic rings. The maximum atomic E-state index is 11.6. The number of aryl methyl sites for hydroxylation is 1. The van der Waals surface area contributed by atoms with Gasteiger partial charge in [0.2, 0.25) is 0 Å². The quantitative estimate of drug-likeness (QED) is 0.299. The minimum absolute atomic E-state index is 0.156. The first-order chi connectivity index (χ1) is 19.3. The highest BCUT2D eigenvalue weighted by Gasteiger charge is 2.26. The van der Waals surface area contributed by atoms with Crippen LogP contribution in [0, 0.1) is 18.8 Å². The van der Waals surface area contributed by atoms with Gasteiger partial charge in [-0.15, -0.1) is 0 Å². The first kappa shape index (κ1) is 28.0. The van der Waals surface area contributed by atoms with Crippen LogP contribution in [0.1, 0.15) is 53.5 Å². The Morgan fingerprint density at radius 2 is 1.98 bits per heavy atom. The zero-order chi connectivity index (χ0) is 28.2. The van der Waals surface area contributed by atoms with Gasteiger partial charge in [0, 0.05) is 29.9 Å². The van der Waals surface area contributed by atoms with E-state index in [1.54, 1.807) is 12.1 Å². The third-order valence-electron chi connectivity index (χ3n) is 8.46. The van der Waals surface area contributed by atoms with E-state index in [1.165, 1.54) is 11.1 Å². The normalized spacial score (nSPS) is 19.4. The largest absolute Gasteiger partial charge is 0.478 e. The van der Waals surface area contributed by atoms with Crippen molar-refractivity contribution >= 4 is 22.7 Å². The van der Waals surface area contributed by atoms with Crippen molar-refractivity contribution in [3.8, 4) is 0 Å². The average Bonchev–Trinajstić information content (AvgIpc) is 3.26. The summed E-state index contributed by atoms with van der Waals surface area (Å²) in [4.78, 5) is 23.9. The molecule has 0 spiro atoms. The van der Waals surface area contributed by atoms with Crippen molar-refractivity contribution in [2.24, 2.45) is 16.8 Å². The molecule has 210 valence electrons. The fraction of sp³-hybridized carbons (Fsp3) is 0.424. The van der Waals surface area contributed by atoms with Gasteiger partial charge in [0.25, 0.3) is 0 Å². The molecule has 2 aliphatic heterocycles. The highest BCUT2D eigenvalue weighted by atomic mass is 16.5. The molecule has 0 saturated carbocycles. The smallest absolute Gasteiger partial charge is 0.335 e. The number of benzene rings is 2. The number of hydrogen-bond acceptors (Lipinski definition) is 5. The van der Waals surface area contributed by atoms with Crippen molar-refractivity contribution in [2.45, 2.75) is 58.7 Å². The van der Waals surface area contributed by atoms with Crippen molar-refractivity contribution in [3.63, 3.8) is 0 Å². The number of allylic oxidation sites excluding steroid dienone is 2. The third kappa shape index (κ3) is 6.26. The lowest BCUT2D eigenvalue weighted by atomic mass is 9.91. The van der Waals surface area contributed by atoms with E-state index in [-0.39, 0.29) is 17.6 Å². The second kappa shape index (κ2) is 12.3. The maximum Gasteiger partial charge on any atom is 0.335 e. The lowest BCUT2D eigenvalue weighted by molar-refractivity contribution is -0.0592. The highest BCUT2D eigenvalue weighted by Crippen LogP contribution is 2.27. The number of aromatic nitrogens is 2. The summed E-state index contributed by atoms with van der Waals surface area (Å²) in [6, 6.07) is 13.7. The molecule has 0 radical (unpaired) electrons. The molecule has 2 saturated heterocycles. The number of aliphatic imine (C=N–C) groups is 1. The molecule has 7 heteroatoms. The van der Waals surface area contributed by atoms with E-state index < -0.39 is 5.97 Å². The van der Waals surface area contributed by atoms with Gasteiger partial charge in [0.05, 0.1) is 35.8 Å². The number of piperidine rings is 1. The Labute approximate surface area is 236 Å². The van der Waals surface area contributed by atoms with Gasteiger partial charge in [-0.05, 0) is 81.1 Å². The SMILES string of the molecule is C=CC(=NC(=C)C(C)Cc1ccccc1C)C1CCN(Cc2nc3ccc(C(=O)O)cc3n2CC2CCO2)CC1. The van der Waals surface area contributed by atoms with E-state index in [2.05, 4.69) is 60.7 Å². The topological polar surface area (TPSA) is 80.0 Å². The van der Waals surface area contributed by atoms with Gasteiger partial charge >= 0.3 is 5.97 Å². The van der Waals surface area contributed by atoms with Crippen LogP contribution in [0.5, 0.6) is 0 Å². The van der Waals surface area contributed by atoms with Crippen LogP contribution in [0.2, 0.25) is 0 Å². The van der Waals surface area contributed by atoms with Crippen LogP contribution < -0.4 is 0 Å². The minimum atomic E-state index is -0.926. The van der Waals surface area contributed by atoms with Gasteiger partial charge in [-0.1, -0.05) is 44.3 Å². The van der Waals surface area contributed by atoms with Crippen molar-refractivity contribution in [1.82, 2.24) is 14.5 Å². The number of fused-ring (bicyclic) bond motifs is 1. The number of carboxylic acid groups (broad SMARTS) is 1. The van der Waals surface area contributed by atoms with E-state index in [0.717, 1.165) is 80.2 Å². The molecule has 1 aromatic heterocycles. The number of ether oxygens (including phenoxy) is 1. The van der Waals surface area contributed by atoms with E-state index in [9.17, 15) is 9.90 Å². The predicted molar refractivity (Wildman–Crippen MR) is 160 cm³/mol. The van der Waals surface area contributed by atoms with Crippen LogP contribution in [-0.4, -0.2) is 57.0 Å². The van der Waals surface area contributed by atoms with Crippen molar-refractivity contribution in [1.29, 1.82) is 0 Å². The molecular formula is C33H40N4O3. The molecule has 2 atom stereocenters. The Hall–Kier alpha value is -3.55. The predicted octanol–water partition coefficient (Wildman–Crippen LogP) is 6.06. The lowest BCUT2D eigenvalue weighted by Gasteiger charge is -2.32. The van der Waals surface area contributed by atoms with E-state index >= 15 is 0 Å². The molecule has 1 N–H and O–H groups in total. The second-order valence-corrected chi connectivity index (χ2v) is 11.2. The van der Waals surface area contributed by atoms with Crippen LogP contribution in [0.15, 0.2) is 72.4 Å². The fourth-order valence-electron chi connectivity index (χ4n) is 5.72. The standard InChI is InChI=1S/C33H40N4O3/c1-5-29(34-24(4)23(3)18-26-9-7-6-8-22(26)2)25-12-15-36(16-13-25)21-32-35-30-11-10-27(33(38)39)19-31(30)37(32)20-28-14-17-40-28/h5-11,19,23,25,28H,1,4,12-18,20-21H2,2-3H3,(H,38,39). The molecule has 7 nitrogen and oxygen atoms in total. The summed E-state index contributed by atoms with van der Waals surface area (Å²) in [5.41, 5.74) is 6.56. The zero-order valence-corrected chi connectivity index (χ0v) is 23.7. The summed E-state index contributed by atoms with van der Waals surface area (Å²) in [7, 11) is 0. The molecule has 40 heavy (non-hydrogen) atoms. The number of carbonyl (C=O) groups is 1. The van der Waals surface area contributed by atoms with Gasteiger partial charge in [-0.3, -0.25) is 9.89 Å². The number of nitrogens with zero attached hydrogens (tertiary/aromatic N) is 4. The second-order valence-electron chi connectivity index (χ2n) is 11.2. The molecule has 2 aromatic carbocycles. The number of rotatable bonds is 11. The molecule has 2 unspecified atom stereocenters. The van der Waals surface area contributed by atoms with Gasteiger partial charge < -0.3 is 14.4 Å². The van der Waals surface area contributed by atoms with E-state index in [1.807, 2.05) is 12.1 Å². The lowest BCUT2D eigenvalue weighted by Crippen LogP contribution is -2.37. The van der Waals surface area contributed by atoms with E-state index in [0.29, 0.717) is 12.5 Å². The summed E-state index contributed by atoms with van der Waals surface area (Å²) in [5.74, 6) is 0.648. The van der Waals surface area contributed by atoms with Gasteiger partial charge in [0.15, 0.2) is 0 Å². The number of carboxylic acids is 1. The molecule has 3 heterocycles. The Bertz CT molecular complexity index is 1430. The minimum Gasteiger partial charge on any atom is -0.478 e. The average molecular weight is 541 g/mol. The Morgan fingerprint density at radius 3 is 2.62 bits per heavy atom. The summed E-state index contributed by atoms with van der Waals surface area (Å²) in [5, 5.41) is 9.51. The van der Waals surface area contributed by atoms with Crippen molar-refractivity contribution < 1.29 is 14.6 Å². The first-order valence-corrected chi connectivity index (χ1v) is 14.3. The Balaban J connectivity index is 1.24. The van der Waals surface area contributed by atoms with Crippen molar-refractivity contribution in [2.75, 3.05) is 19.7 Å². The summed E-state index contributed by atoms with van der Waals surface area (Å²) in [6.07, 6.45) is 6.01. The maximum absolute atomic E-state index is 11.6. The Morgan fingerprint density at radius 1 is 1.23 bits per heavy atom. The zero-order valence-electron chi connectivity index (χ0n) is 23.7. The van der Waals surface area contributed by atoms with Crippen LogP contribution in [0.4, 0.5) is 0 Å². The van der Waals surface area contributed by atoms with Gasteiger partial charge in [-0.25, -0.2) is 9.78 Å². The highest BCUT2D eigenvalue weighted by molar-refractivity contribution is 5.97. The molecule has 2 fully saturated rings. The molecule has 5 rings (SSSR count). The first-order valence-electron chi connectivity index (χ1n) is 14.3. The third-order valence-corrected chi connectivity index (χ3v) is 8.46. The number of imidazole rings is 1. The van der Waals surface area contributed by atoms with Crippen molar-refractivity contribution in [3.05, 3.63) is 89.9 Å². The Kier molecular flexibility index (Phi) is 8.62. The van der Waals surface area contributed by atoms with Crippen LogP contribution in [-0.2, 0) is 24.2 Å². The molecule has 2 aliphatic rings. The molecule has 0 bridgehead atoms. The van der Waals surface area contributed by atoms with Crippen LogP contribution in [0.3, 0.4) is 0 Å². The van der Waals surface area contributed by atoms with Gasteiger partial charge in [-0.2, -0.15) is 0 Å². The molecular weight excluding hydrogens is 500 g/mol. The van der Waals surface area contributed by atoms with Crippen LogP contribution in [0.25, 0.3) is 11.0 Å².